The minimum atomic E-state index is 0.531. The van der Waals surface area contributed by atoms with Gasteiger partial charge in [0.2, 0.25) is 0 Å². The first-order chi connectivity index (χ1) is 9.85. The van der Waals surface area contributed by atoms with Crippen LogP contribution in [0.25, 0.3) is 10.6 Å². The number of rotatable bonds is 8. The first-order valence-corrected chi connectivity index (χ1v) is 7.24. The minimum absolute atomic E-state index is 0.531. The molecule has 20 heavy (non-hydrogen) atoms. The topological polar surface area (TPSA) is 56.3 Å². The fourth-order valence-electron chi connectivity index (χ4n) is 1.77. The summed E-state index contributed by atoms with van der Waals surface area (Å²) in [6.07, 6.45) is 3.56. The van der Waals surface area contributed by atoms with Crippen LogP contribution in [0.4, 0.5) is 0 Å². The quantitative estimate of drug-likeness (QED) is 0.755. The number of aromatic nitrogens is 2. The zero-order valence-electron chi connectivity index (χ0n) is 11.8. The Morgan fingerprint density at radius 3 is 2.70 bits per heavy atom. The van der Waals surface area contributed by atoms with E-state index in [9.17, 15) is 0 Å². The Balaban J connectivity index is 2.11. The molecular weight excluding hydrogens is 274 g/mol. The third kappa shape index (κ3) is 4.08. The summed E-state index contributed by atoms with van der Waals surface area (Å²) in [5.41, 5.74) is 2.08. The van der Waals surface area contributed by atoms with Gasteiger partial charge in [0.05, 0.1) is 18.9 Å². The third-order valence-corrected chi connectivity index (χ3v) is 3.90. The van der Waals surface area contributed by atoms with E-state index in [1.54, 1.807) is 38.0 Å². The molecule has 0 atom stereocenters. The zero-order valence-corrected chi connectivity index (χ0v) is 12.6. The number of hydrogen-bond acceptors (Lipinski definition) is 6. The maximum absolute atomic E-state index is 5.22. The number of nitrogens with zero attached hydrogens (tertiary/aromatic N) is 2. The van der Waals surface area contributed by atoms with Crippen molar-refractivity contribution in [1.82, 2.24) is 15.3 Å². The highest BCUT2D eigenvalue weighted by Crippen LogP contribution is 2.28. The van der Waals surface area contributed by atoms with E-state index in [1.165, 1.54) is 4.88 Å². The van der Waals surface area contributed by atoms with Gasteiger partial charge in [0.25, 0.3) is 0 Å². The third-order valence-electron chi connectivity index (χ3n) is 2.76. The van der Waals surface area contributed by atoms with Gasteiger partial charge in [-0.1, -0.05) is 0 Å². The van der Waals surface area contributed by atoms with E-state index in [0.717, 1.165) is 29.4 Å². The van der Waals surface area contributed by atoms with Crippen molar-refractivity contribution >= 4 is 11.3 Å². The van der Waals surface area contributed by atoms with Crippen LogP contribution in [0.15, 0.2) is 24.5 Å². The van der Waals surface area contributed by atoms with Crippen LogP contribution in [0, 0.1) is 0 Å². The van der Waals surface area contributed by atoms with Gasteiger partial charge in [0.1, 0.15) is 5.01 Å². The van der Waals surface area contributed by atoms with Crippen molar-refractivity contribution in [2.24, 2.45) is 0 Å². The van der Waals surface area contributed by atoms with Crippen LogP contribution in [0.2, 0.25) is 0 Å². The SMILES string of the molecule is COCCNCc1sc(-c2ccncc2)nc1COC. The largest absolute Gasteiger partial charge is 0.383 e. The van der Waals surface area contributed by atoms with Gasteiger partial charge in [0, 0.05) is 50.1 Å². The molecule has 0 aromatic carbocycles. The first kappa shape index (κ1) is 15.1. The Morgan fingerprint density at radius 1 is 1.20 bits per heavy atom. The van der Waals surface area contributed by atoms with Gasteiger partial charge in [-0.15, -0.1) is 11.3 Å². The van der Waals surface area contributed by atoms with Crippen molar-refractivity contribution in [1.29, 1.82) is 0 Å². The molecule has 0 radical (unpaired) electrons. The second kappa shape index (κ2) is 8.06. The highest BCUT2D eigenvalue weighted by Gasteiger charge is 2.12. The Morgan fingerprint density at radius 2 is 2.00 bits per heavy atom. The van der Waals surface area contributed by atoms with Gasteiger partial charge in [0.15, 0.2) is 0 Å². The zero-order chi connectivity index (χ0) is 14.2. The molecule has 2 heterocycles. The molecule has 0 bridgehead atoms. The lowest BCUT2D eigenvalue weighted by molar-refractivity contribution is 0.181. The molecule has 0 spiro atoms. The average molecular weight is 293 g/mol. The van der Waals surface area contributed by atoms with E-state index >= 15 is 0 Å². The van der Waals surface area contributed by atoms with Crippen molar-refractivity contribution in [3.8, 4) is 10.6 Å². The van der Waals surface area contributed by atoms with Crippen molar-refractivity contribution in [2.45, 2.75) is 13.2 Å². The maximum atomic E-state index is 5.22. The number of hydrogen-bond donors (Lipinski definition) is 1. The van der Waals surface area contributed by atoms with Gasteiger partial charge in [-0.25, -0.2) is 4.98 Å². The molecule has 0 fully saturated rings. The van der Waals surface area contributed by atoms with Crippen molar-refractivity contribution < 1.29 is 9.47 Å². The number of nitrogens with one attached hydrogen (secondary N) is 1. The second-order valence-electron chi connectivity index (χ2n) is 4.23. The molecule has 6 heteroatoms. The van der Waals surface area contributed by atoms with Crippen LogP contribution in [0.3, 0.4) is 0 Å². The van der Waals surface area contributed by atoms with E-state index in [2.05, 4.69) is 15.3 Å². The van der Waals surface area contributed by atoms with Gasteiger partial charge in [-0.05, 0) is 12.1 Å². The second-order valence-corrected chi connectivity index (χ2v) is 5.31. The number of methoxy groups -OCH3 is 2. The summed E-state index contributed by atoms with van der Waals surface area (Å²) < 4.78 is 10.3. The maximum Gasteiger partial charge on any atom is 0.124 e. The van der Waals surface area contributed by atoms with Gasteiger partial charge in [-0.3, -0.25) is 4.98 Å². The molecule has 0 unspecified atom stereocenters. The standard InChI is InChI=1S/C14H19N3O2S/c1-18-8-7-16-9-13-12(10-19-2)17-14(20-13)11-3-5-15-6-4-11/h3-6,16H,7-10H2,1-2H3. The molecule has 5 nitrogen and oxygen atoms in total. The van der Waals surface area contributed by atoms with Gasteiger partial charge >= 0.3 is 0 Å². The Labute approximate surface area is 123 Å². The van der Waals surface area contributed by atoms with E-state index < -0.39 is 0 Å². The number of thiazole rings is 1. The summed E-state index contributed by atoms with van der Waals surface area (Å²) in [6.45, 7) is 2.84. The Kier molecular flexibility index (Phi) is 6.07. The summed E-state index contributed by atoms with van der Waals surface area (Å²) >= 11 is 1.69. The summed E-state index contributed by atoms with van der Waals surface area (Å²) in [6, 6.07) is 3.94. The Bertz CT molecular complexity index is 516. The highest BCUT2D eigenvalue weighted by molar-refractivity contribution is 7.15. The average Bonchev–Trinajstić information content (AvgIpc) is 2.88. The fraction of sp³-hybridized carbons (Fsp3) is 0.429. The summed E-state index contributed by atoms with van der Waals surface area (Å²) in [5, 5.41) is 4.35. The molecule has 0 saturated carbocycles. The van der Waals surface area contributed by atoms with Crippen LogP contribution in [0.5, 0.6) is 0 Å². The fourth-order valence-corrected chi connectivity index (χ4v) is 2.80. The van der Waals surface area contributed by atoms with Crippen molar-refractivity contribution in [3.05, 3.63) is 35.1 Å². The molecule has 2 rings (SSSR count). The molecule has 108 valence electrons. The van der Waals surface area contributed by atoms with Crippen molar-refractivity contribution in [2.75, 3.05) is 27.4 Å². The smallest absolute Gasteiger partial charge is 0.124 e. The lowest BCUT2D eigenvalue weighted by atomic mass is 10.3. The summed E-state index contributed by atoms with van der Waals surface area (Å²) in [7, 11) is 3.39. The summed E-state index contributed by atoms with van der Waals surface area (Å²) in [4.78, 5) is 9.90. The Hall–Kier alpha value is -1.34. The molecular formula is C14H19N3O2S. The number of ether oxygens (including phenoxy) is 2. The molecule has 0 amide bonds. The van der Waals surface area contributed by atoms with Crippen LogP contribution >= 0.6 is 11.3 Å². The molecule has 1 N–H and O–H groups in total. The predicted octanol–water partition coefficient (Wildman–Crippen LogP) is 2.09. The van der Waals surface area contributed by atoms with Crippen LogP contribution in [-0.2, 0) is 22.6 Å². The van der Waals surface area contributed by atoms with Crippen LogP contribution in [0.1, 0.15) is 10.6 Å². The van der Waals surface area contributed by atoms with Crippen molar-refractivity contribution in [3.63, 3.8) is 0 Å². The number of pyridine rings is 1. The van der Waals surface area contributed by atoms with E-state index in [0.29, 0.717) is 13.2 Å². The van der Waals surface area contributed by atoms with E-state index in [4.69, 9.17) is 9.47 Å². The normalized spacial score (nSPS) is 10.9. The lowest BCUT2D eigenvalue weighted by Gasteiger charge is -2.03. The van der Waals surface area contributed by atoms with Gasteiger partial charge in [-0.2, -0.15) is 0 Å². The lowest BCUT2D eigenvalue weighted by Crippen LogP contribution is -2.18. The summed E-state index contributed by atoms with van der Waals surface area (Å²) in [5.74, 6) is 0. The van der Waals surface area contributed by atoms with Crippen LogP contribution < -0.4 is 5.32 Å². The molecule has 0 aliphatic heterocycles. The molecule has 0 saturated heterocycles. The molecule has 2 aromatic rings. The molecule has 0 aliphatic rings. The monoisotopic (exact) mass is 293 g/mol. The van der Waals surface area contributed by atoms with Gasteiger partial charge < -0.3 is 14.8 Å². The highest BCUT2D eigenvalue weighted by atomic mass is 32.1. The van der Waals surface area contributed by atoms with E-state index in [-0.39, 0.29) is 0 Å². The minimum Gasteiger partial charge on any atom is -0.383 e. The van der Waals surface area contributed by atoms with E-state index in [1.807, 2.05) is 12.1 Å². The molecule has 0 aliphatic carbocycles. The first-order valence-electron chi connectivity index (χ1n) is 6.42. The molecule has 2 aromatic heterocycles. The predicted molar refractivity (Wildman–Crippen MR) is 79.6 cm³/mol. The van der Waals surface area contributed by atoms with Crippen LogP contribution in [-0.4, -0.2) is 37.3 Å².